The van der Waals surface area contributed by atoms with Crippen LogP contribution in [0.25, 0.3) is 10.8 Å². The number of benzene rings is 2. The minimum Gasteiger partial charge on any atom is -0.394 e. The zero-order chi connectivity index (χ0) is 10.7. The van der Waals surface area contributed by atoms with E-state index in [1.54, 1.807) is 0 Å². The van der Waals surface area contributed by atoms with E-state index in [9.17, 15) is 5.11 Å². The fourth-order valence-electron chi connectivity index (χ4n) is 1.90. The third-order valence-corrected chi connectivity index (χ3v) is 2.73. The number of aliphatic hydroxyl groups excluding tert-OH is 1. The average Bonchev–Trinajstić information content (AvgIpc) is 2.31. The molecule has 2 aromatic rings. The second kappa shape index (κ2) is 4.43. The van der Waals surface area contributed by atoms with Crippen LogP contribution in [0.1, 0.15) is 11.6 Å². The third-order valence-electron chi connectivity index (χ3n) is 2.73. The number of rotatable bonds is 3. The molecule has 2 aromatic carbocycles. The minimum absolute atomic E-state index is 0.0103. The molecule has 1 unspecified atom stereocenters. The Balaban J connectivity index is 2.59. The number of nitrogens with one attached hydrogen (secondary N) is 1. The minimum atomic E-state index is 0.0103. The van der Waals surface area contributed by atoms with Crippen LogP contribution in [0.2, 0.25) is 0 Å². The van der Waals surface area contributed by atoms with Crippen LogP contribution in [-0.2, 0) is 0 Å². The third kappa shape index (κ3) is 1.87. The molecule has 1 atom stereocenters. The smallest absolute Gasteiger partial charge is 0.0626 e. The molecule has 0 spiro atoms. The molecule has 15 heavy (non-hydrogen) atoms. The molecular formula is C13H15NO. The van der Waals surface area contributed by atoms with Crippen molar-refractivity contribution in [2.75, 3.05) is 13.7 Å². The fraction of sp³-hybridized carbons (Fsp3) is 0.231. The van der Waals surface area contributed by atoms with Gasteiger partial charge in [0.1, 0.15) is 0 Å². The van der Waals surface area contributed by atoms with E-state index in [2.05, 4.69) is 29.6 Å². The van der Waals surface area contributed by atoms with Crippen LogP contribution >= 0.6 is 0 Å². The van der Waals surface area contributed by atoms with E-state index in [0.717, 1.165) is 5.56 Å². The van der Waals surface area contributed by atoms with E-state index in [1.807, 2.05) is 25.2 Å². The maximum atomic E-state index is 9.28. The van der Waals surface area contributed by atoms with Gasteiger partial charge < -0.3 is 10.4 Å². The van der Waals surface area contributed by atoms with Crippen LogP contribution in [0.5, 0.6) is 0 Å². The summed E-state index contributed by atoms with van der Waals surface area (Å²) in [7, 11) is 1.86. The van der Waals surface area contributed by atoms with Crippen LogP contribution in [0.3, 0.4) is 0 Å². The standard InChI is InChI=1S/C13H15NO/c1-14-13(9-15)12-8-4-6-10-5-2-3-7-11(10)12/h2-8,13-15H,9H2,1H3. The molecule has 0 fully saturated rings. The van der Waals surface area contributed by atoms with Gasteiger partial charge >= 0.3 is 0 Å². The summed E-state index contributed by atoms with van der Waals surface area (Å²) in [5.41, 5.74) is 1.15. The van der Waals surface area contributed by atoms with Gasteiger partial charge in [-0.15, -0.1) is 0 Å². The van der Waals surface area contributed by atoms with Crippen molar-refractivity contribution in [2.45, 2.75) is 6.04 Å². The molecule has 2 heteroatoms. The van der Waals surface area contributed by atoms with Crippen molar-refractivity contribution in [3.63, 3.8) is 0 Å². The summed E-state index contributed by atoms with van der Waals surface area (Å²) in [6, 6.07) is 14.4. The molecule has 0 heterocycles. The molecule has 78 valence electrons. The summed E-state index contributed by atoms with van der Waals surface area (Å²) in [6.07, 6.45) is 0. The van der Waals surface area contributed by atoms with Crippen molar-refractivity contribution >= 4 is 10.8 Å². The Morgan fingerprint density at radius 1 is 1.13 bits per heavy atom. The molecule has 0 amide bonds. The van der Waals surface area contributed by atoms with Gasteiger partial charge in [0.2, 0.25) is 0 Å². The van der Waals surface area contributed by atoms with Crippen molar-refractivity contribution in [1.82, 2.24) is 5.32 Å². The summed E-state index contributed by atoms with van der Waals surface area (Å²) < 4.78 is 0. The zero-order valence-corrected chi connectivity index (χ0v) is 8.77. The molecule has 0 aliphatic rings. The van der Waals surface area contributed by atoms with Gasteiger partial charge in [-0.3, -0.25) is 0 Å². The Hall–Kier alpha value is -1.38. The Labute approximate surface area is 89.6 Å². The highest BCUT2D eigenvalue weighted by molar-refractivity contribution is 5.86. The number of hydrogen-bond donors (Lipinski definition) is 2. The summed E-state index contributed by atoms with van der Waals surface area (Å²) in [4.78, 5) is 0. The SMILES string of the molecule is CNC(CO)c1cccc2ccccc12. The predicted molar refractivity (Wildman–Crippen MR) is 62.8 cm³/mol. The Morgan fingerprint density at radius 3 is 2.60 bits per heavy atom. The quantitative estimate of drug-likeness (QED) is 0.797. The fourth-order valence-corrected chi connectivity index (χ4v) is 1.90. The topological polar surface area (TPSA) is 32.3 Å². The number of hydrogen-bond acceptors (Lipinski definition) is 2. The van der Waals surface area contributed by atoms with E-state index in [-0.39, 0.29) is 12.6 Å². The largest absolute Gasteiger partial charge is 0.394 e. The molecular weight excluding hydrogens is 186 g/mol. The van der Waals surface area contributed by atoms with Crippen LogP contribution < -0.4 is 5.32 Å². The normalized spacial score (nSPS) is 12.9. The highest BCUT2D eigenvalue weighted by Gasteiger charge is 2.10. The van der Waals surface area contributed by atoms with Gasteiger partial charge in [0.15, 0.2) is 0 Å². The second-order valence-corrected chi connectivity index (χ2v) is 3.59. The number of likely N-dealkylation sites (N-methyl/N-ethyl adjacent to an activating group) is 1. The Kier molecular flexibility index (Phi) is 2.99. The van der Waals surface area contributed by atoms with E-state index >= 15 is 0 Å². The molecule has 2 nitrogen and oxygen atoms in total. The summed E-state index contributed by atoms with van der Waals surface area (Å²) in [6.45, 7) is 0.116. The molecule has 0 saturated carbocycles. The van der Waals surface area contributed by atoms with Crippen LogP contribution in [0.4, 0.5) is 0 Å². The molecule has 0 radical (unpaired) electrons. The predicted octanol–water partition coefficient (Wildman–Crippen LogP) is 2.09. The second-order valence-electron chi connectivity index (χ2n) is 3.59. The van der Waals surface area contributed by atoms with Gasteiger partial charge in [-0.2, -0.15) is 0 Å². The highest BCUT2D eigenvalue weighted by atomic mass is 16.3. The molecule has 0 aliphatic heterocycles. The van der Waals surface area contributed by atoms with Gasteiger partial charge in [0.05, 0.1) is 12.6 Å². The van der Waals surface area contributed by atoms with Gasteiger partial charge in [0, 0.05) is 0 Å². The number of aliphatic hydroxyl groups is 1. The first-order chi connectivity index (χ1) is 7.36. The van der Waals surface area contributed by atoms with Crippen molar-refractivity contribution in [1.29, 1.82) is 0 Å². The van der Waals surface area contributed by atoms with E-state index < -0.39 is 0 Å². The lowest BCUT2D eigenvalue weighted by atomic mass is 9.99. The average molecular weight is 201 g/mol. The lowest BCUT2D eigenvalue weighted by Gasteiger charge is -2.15. The maximum Gasteiger partial charge on any atom is 0.0626 e. The van der Waals surface area contributed by atoms with Gasteiger partial charge in [-0.25, -0.2) is 0 Å². The summed E-state index contributed by atoms with van der Waals surface area (Å²) >= 11 is 0. The van der Waals surface area contributed by atoms with Gasteiger partial charge in [-0.05, 0) is 23.4 Å². The van der Waals surface area contributed by atoms with Crippen molar-refractivity contribution in [3.8, 4) is 0 Å². The first-order valence-electron chi connectivity index (χ1n) is 5.12. The summed E-state index contributed by atoms with van der Waals surface area (Å²) in [5, 5.41) is 14.8. The zero-order valence-electron chi connectivity index (χ0n) is 8.77. The Morgan fingerprint density at radius 2 is 1.87 bits per heavy atom. The van der Waals surface area contributed by atoms with E-state index in [0.29, 0.717) is 0 Å². The molecule has 0 saturated heterocycles. The van der Waals surface area contributed by atoms with Gasteiger partial charge in [-0.1, -0.05) is 42.5 Å². The van der Waals surface area contributed by atoms with Gasteiger partial charge in [0.25, 0.3) is 0 Å². The van der Waals surface area contributed by atoms with E-state index in [4.69, 9.17) is 0 Å². The lowest BCUT2D eigenvalue weighted by Crippen LogP contribution is -2.20. The maximum absolute atomic E-state index is 9.28. The van der Waals surface area contributed by atoms with Crippen molar-refractivity contribution in [3.05, 3.63) is 48.0 Å². The van der Waals surface area contributed by atoms with Crippen LogP contribution in [0.15, 0.2) is 42.5 Å². The lowest BCUT2D eigenvalue weighted by molar-refractivity contribution is 0.251. The Bertz CT molecular complexity index is 444. The number of fused-ring (bicyclic) bond motifs is 1. The monoisotopic (exact) mass is 201 g/mol. The first kappa shape index (κ1) is 10.1. The van der Waals surface area contributed by atoms with Crippen LogP contribution in [0, 0.1) is 0 Å². The molecule has 2 rings (SSSR count). The van der Waals surface area contributed by atoms with E-state index in [1.165, 1.54) is 10.8 Å². The van der Waals surface area contributed by atoms with Crippen LogP contribution in [-0.4, -0.2) is 18.8 Å². The van der Waals surface area contributed by atoms with Crippen molar-refractivity contribution < 1.29 is 5.11 Å². The highest BCUT2D eigenvalue weighted by Crippen LogP contribution is 2.23. The molecule has 0 aromatic heterocycles. The molecule has 0 bridgehead atoms. The first-order valence-corrected chi connectivity index (χ1v) is 5.12. The molecule has 0 aliphatic carbocycles. The summed E-state index contributed by atoms with van der Waals surface area (Å²) in [5.74, 6) is 0. The van der Waals surface area contributed by atoms with Crippen molar-refractivity contribution in [2.24, 2.45) is 0 Å². The molecule has 2 N–H and O–H groups in total.